The molecule has 0 saturated heterocycles. The molecule has 5 aliphatic rings. The molecule has 8 nitrogen and oxygen atoms in total. The second-order valence-electron chi connectivity index (χ2n) is 24.6. The van der Waals surface area contributed by atoms with Gasteiger partial charge in [0.2, 0.25) is 5.91 Å². The van der Waals surface area contributed by atoms with Gasteiger partial charge in [-0.25, -0.2) is 9.36 Å². The molecule has 0 fully saturated rings. The molecule has 2 aromatic heterocycles. The Bertz CT molecular complexity index is 3620. The standard InChI is InChI=1S/C40H50N2O4.C32H32N2/c1-25-18-20-30-28-14-10-11-15-29(28)32(31(30)21-19-25)22-23-37(43)41-35(27(3)45-39(4,5)6)24-34-26(2)42(38(44)46-40(7,8)9)36-17-13-12-16-33(34)36;1-20(2)32(19-29-23(5)34-31-13-9-8-12-28(29)31)33-22(4)15-17-26-24-10-6-7-11-25(24)30-18-21(3)14-16-27(26)30/h11-13,15-21,25,32,35H,3,10,14,22-24H2,1-2,4-9H3,(H,41,43);8-14,16,18,26,32-34H,1,4,15,17,19H2,2-3,5H3. The maximum absolute atomic E-state index is 13.8. The van der Waals surface area contributed by atoms with Crippen molar-refractivity contribution in [3.05, 3.63) is 231 Å². The van der Waals surface area contributed by atoms with E-state index in [0.29, 0.717) is 30.4 Å². The van der Waals surface area contributed by atoms with Gasteiger partial charge in [0.15, 0.2) is 0 Å². The predicted octanol–water partition coefficient (Wildman–Crippen LogP) is 16.8. The van der Waals surface area contributed by atoms with Gasteiger partial charge >= 0.3 is 6.09 Å². The Kier molecular flexibility index (Phi) is 16.7. The van der Waals surface area contributed by atoms with Gasteiger partial charge < -0.3 is 25.1 Å². The first kappa shape index (κ1) is 56.9. The number of H-pyrrole nitrogens is 1. The maximum atomic E-state index is 13.8. The molecule has 3 N–H and O–H groups in total. The minimum Gasteiger partial charge on any atom is -0.491 e. The number of carbonyl (C=O) groups excluding carboxylic acids is 2. The Balaban J connectivity index is 0.000000202. The molecule has 5 atom stereocenters. The van der Waals surface area contributed by atoms with Crippen LogP contribution in [-0.2, 0) is 27.1 Å². The molecule has 414 valence electrons. The normalized spacial score (nSPS) is 18.6. The number of nitrogens with zero attached hydrogens (tertiary/aromatic N) is 1. The number of allylic oxidation sites excluding steroid dienone is 15. The van der Waals surface area contributed by atoms with Crippen molar-refractivity contribution in [1.29, 1.82) is 0 Å². The van der Waals surface area contributed by atoms with E-state index in [9.17, 15) is 9.59 Å². The van der Waals surface area contributed by atoms with Crippen LogP contribution in [0.15, 0.2) is 191 Å². The second-order valence-corrected chi connectivity index (χ2v) is 24.6. The van der Waals surface area contributed by atoms with E-state index in [4.69, 9.17) is 9.47 Å². The topological polar surface area (TPSA) is 97.4 Å². The molecule has 80 heavy (non-hydrogen) atoms. The summed E-state index contributed by atoms with van der Waals surface area (Å²) >= 11 is 0. The maximum Gasteiger partial charge on any atom is 0.419 e. The molecule has 5 unspecified atom stereocenters. The molecule has 0 spiro atoms. The summed E-state index contributed by atoms with van der Waals surface area (Å²) in [7, 11) is 0. The number of aryl methyl sites for hydroxylation is 2. The zero-order valence-electron chi connectivity index (χ0n) is 49.2. The van der Waals surface area contributed by atoms with Crippen molar-refractivity contribution in [3.63, 3.8) is 0 Å². The Morgan fingerprint density at radius 2 is 1.44 bits per heavy atom. The second kappa shape index (κ2) is 23.5. The number of fused-ring (bicyclic) bond motifs is 5. The Hall–Kier alpha value is -7.76. The van der Waals surface area contributed by atoms with Gasteiger partial charge in [-0.1, -0.05) is 140 Å². The fourth-order valence-corrected chi connectivity index (χ4v) is 12.2. The fraction of sp³-hybridized carbons (Fsp3) is 0.361. The molecule has 10 rings (SSSR count). The smallest absolute Gasteiger partial charge is 0.419 e. The van der Waals surface area contributed by atoms with Crippen molar-refractivity contribution >= 4 is 39.4 Å². The van der Waals surface area contributed by atoms with Gasteiger partial charge in [0.25, 0.3) is 0 Å². The Morgan fingerprint density at radius 3 is 2.19 bits per heavy atom. The van der Waals surface area contributed by atoms with Crippen molar-refractivity contribution in [2.24, 2.45) is 11.8 Å². The minimum atomic E-state index is -0.637. The Morgan fingerprint density at radius 1 is 0.750 bits per heavy atom. The molecule has 1 amide bonds. The SMILES string of the molecule is C=C(CCC1C2=C(C=C=C=C2)c2cc(C)ccc21)NC(Cc1c(C)[nH]c2ccccc12)C(=C)C.C=C(OC(C)(C)C)C(Cc1c(C)n(C(=O)OC(C)(C)C)c2ccccc12)NC(=O)CCC1C2=C(C=CC(C)C=C2)C2=C1C=CCC2. The largest absolute Gasteiger partial charge is 0.491 e. The summed E-state index contributed by atoms with van der Waals surface area (Å²) in [4.78, 5) is 30.6. The summed E-state index contributed by atoms with van der Waals surface area (Å²) in [5.74, 6) is 1.40. The van der Waals surface area contributed by atoms with E-state index in [2.05, 4.69) is 166 Å². The van der Waals surface area contributed by atoms with E-state index >= 15 is 0 Å². The summed E-state index contributed by atoms with van der Waals surface area (Å²) < 4.78 is 13.6. The molecule has 5 aromatic rings. The van der Waals surface area contributed by atoms with E-state index in [1.807, 2.05) is 72.7 Å². The third-order valence-electron chi connectivity index (χ3n) is 16.0. The van der Waals surface area contributed by atoms with Gasteiger partial charge in [0, 0.05) is 58.1 Å². The van der Waals surface area contributed by atoms with Crippen LogP contribution >= 0.6 is 0 Å². The van der Waals surface area contributed by atoms with E-state index in [-0.39, 0.29) is 17.9 Å². The quantitative estimate of drug-likeness (QED) is 0.0520. The summed E-state index contributed by atoms with van der Waals surface area (Å²) in [6.07, 6.45) is 23.8. The summed E-state index contributed by atoms with van der Waals surface area (Å²) in [5.41, 5.74) is 25.8. The van der Waals surface area contributed by atoms with Gasteiger partial charge in [-0.3, -0.25) is 4.79 Å². The number of nitrogens with one attached hydrogen (secondary N) is 3. The van der Waals surface area contributed by atoms with E-state index < -0.39 is 23.3 Å². The van der Waals surface area contributed by atoms with Crippen LogP contribution in [0.4, 0.5) is 4.79 Å². The number of aromatic amines is 1. The van der Waals surface area contributed by atoms with E-state index in [1.54, 1.807) is 4.57 Å². The van der Waals surface area contributed by atoms with Crippen molar-refractivity contribution in [2.45, 2.75) is 157 Å². The predicted molar refractivity (Wildman–Crippen MR) is 330 cm³/mol. The van der Waals surface area contributed by atoms with Crippen molar-refractivity contribution in [2.75, 3.05) is 0 Å². The minimum absolute atomic E-state index is 0.0466. The highest BCUT2D eigenvalue weighted by Crippen LogP contribution is 2.48. The molecule has 0 aliphatic heterocycles. The van der Waals surface area contributed by atoms with Gasteiger partial charge in [-0.15, -0.1) is 0 Å². The molecule has 0 bridgehead atoms. The molecular formula is C72H82N4O4. The number of ether oxygens (including phenoxy) is 2. The molecule has 2 heterocycles. The highest BCUT2D eigenvalue weighted by atomic mass is 16.6. The van der Waals surface area contributed by atoms with Crippen LogP contribution in [0.5, 0.6) is 0 Å². The van der Waals surface area contributed by atoms with Crippen LogP contribution in [0.1, 0.15) is 139 Å². The van der Waals surface area contributed by atoms with E-state index in [0.717, 1.165) is 72.0 Å². The third-order valence-corrected chi connectivity index (χ3v) is 16.0. The highest BCUT2D eigenvalue weighted by molar-refractivity contribution is 5.94. The summed E-state index contributed by atoms with van der Waals surface area (Å²) in [6, 6.07) is 22.8. The monoisotopic (exact) mass is 1070 g/mol. The number of hydrogen-bond acceptors (Lipinski definition) is 5. The average Bonchev–Trinajstić information content (AvgIpc) is 4.05. The van der Waals surface area contributed by atoms with Gasteiger partial charge in [0.05, 0.1) is 17.6 Å². The lowest BCUT2D eigenvalue weighted by Crippen LogP contribution is -2.40. The number of carbonyl (C=O) groups is 2. The van der Waals surface area contributed by atoms with Crippen LogP contribution in [0.2, 0.25) is 0 Å². The lowest BCUT2D eigenvalue weighted by Gasteiger charge is -2.29. The molecule has 0 saturated carbocycles. The number of hydrogen-bond donors (Lipinski definition) is 3. The number of rotatable bonds is 16. The van der Waals surface area contributed by atoms with Gasteiger partial charge in [0.1, 0.15) is 17.0 Å². The average molecular weight is 1070 g/mol. The molecule has 3 aromatic carbocycles. The van der Waals surface area contributed by atoms with Gasteiger partial charge in [-0.2, -0.15) is 0 Å². The van der Waals surface area contributed by atoms with Crippen LogP contribution in [0.3, 0.4) is 0 Å². The Labute approximate surface area is 475 Å². The third kappa shape index (κ3) is 12.6. The number of para-hydroxylation sites is 2. The molecule has 8 heteroatoms. The summed E-state index contributed by atoms with van der Waals surface area (Å²) in [6.45, 7) is 35.0. The van der Waals surface area contributed by atoms with Crippen LogP contribution in [0, 0.1) is 32.6 Å². The molecule has 0 radical (unpaired) electrons. The van der Waals surface area contributed by atoms with Crippen LogP contribution in [0.25, 0.3) is 27.4 Å². The van der Waals surface area contributed by atoms with Crippen molar-refractivity contribution in [1.82, 2.24) is 20.2 Å². The van der Waals surface area contributed by atoms with Gasteiger partial charge in [-0.05, 0) is 194 Å². The van der Waals surface area contributed by atoms with Crippen LogP contribution < -0.4 is 10.6 Å². The first-order valence-electron chi connectivity index (χ1n) is 28.7. The number of benzene rings is 3. The fourth-order valence-electron chi connectivity index (χ4n) is 12.2. The summed E-state index contributed by atoms with van der Waals surface area (Å²) in [5, 5.41) is 9.21. The zero-order valence-corrected chi connectivity index (χ0v) is 49.2. The lowest BCUT2D eigenvalue weighted by molar-refractivity contribution is -0.122. The first-order chi connectivity index (χ1) is 38.0. The zero-order chi connectivity index (χ0) is 57.2. The number of aromatic nitrogens is 2. The van der Waals surface area contributed by atoms with Crippen molar-refractivity contribution in [3.8, 4) is 0 Å². The first-order valence-corrected chi connectivity index (χ1v) is 28.7. The highest BCUT2D eigenvalue weighted by Gasteiger charge is 2.34. The molecular weight excluding hydrogens is 985 g/mol. The van der Waals surface area contributed by atoms with Crippen LogP contribution in [-0.4, -0.2) is 44.8 Å². The van der Waals surface area contributed by atoms with Crippen molar-refractivity contribution < 1.29 is 19.1 Å². The number of amides is 1. The molecule has 5 aliphatic carbocycles. The van der Waals surface area contributed by atoms with E-state index in [1.165, 1.54) is 72.3 Å². The lowest BCUT2D eigenvalue weighted by atomic mass is 9.87.